The summed E-state index contributed by atoms with van der Waals surface area (Å²) in [6, 6.07) is 45.8. The van der Waals surface area contributed by atoms with Crippen LogP contribution in [-0.2, 0) is 5.41 Å². The zero-order chi connectivity index (χ0) is 32.0. The molecule has 1 nitrogen and oxygen atoms in total. The SMILES string of the molecule is CC1(C)c2cc(-c3cccc(-c4ccc5ccc6ccc7c(c6c5c4)SC(C4C=CC=CC4)N7)c3)ccc2-c2cc3ccccc3cc21. The van der Waals surface area contributed by atoms with Gasteiger partial charge >= 0.3 is 0 Å². The van der Waals surface area contributed by atoms with Gasteiger partial charge in [-0.25, -0.2) is 0 Å². The third-order valence-corrected chi connectivity index (χ3v) is 12.4. The molecule has 1 N–H and O–H groups in total. The molecule has 2 unspecified atom stereocenters. The average Bonchev–Trinajstić information content (AvgIpc) is 3.67. The molecule has 0 radical (unpaired) electrons. The lowest BCUT2D eigenvalue weighted by molar-refractivity contribution is 0.661. The van der Waals surface area contributed by atoms with Crippen LogP contribution in [-0.4, -0.2) is 5.37 Å². The van der Waals surface area contributed by atoms with Gasteiger partial charge in [-0.3, -0.25) is 0 Å². The fraction of sp³-hybridized carbons (Fsp3) is 0.130. The van der Waals surface area contributed by atoms with E-state index in [1.165, 1.54) is 87.4 Å². The third-order valence-electron chi connectivity index (χ3n) is 11.0. The number of rotatable bonds is 3. The summed E-state index contributed by atoms with van der Waals surface area (Å²) in [5.74, 6) is 0.495. The summed E-state index contributed by atoms with van der Waals surface area (Å²) in [7, 11) is 0. The predicted octanol–water partition coefficient (Wildman–Crippen LogP) is 12.8. The molecule has 7 aromatic rings. The Bertz CT molecular complexity index is 2530. The van der Waals surface area contributed by atoms with E-state index in [1.807, 2.05) is 11.8 Å². The maximum atomic E-state index is 3.85. The van der Waals surface area contributed by atoms with Crippen molar-refractivity contribution in [2.24, 2.45) is 5.92 Å². The molecule has 0 amide bonds. The zero-order valence-corrected chi connectivity index (χ0v) is 27.9. The topological polar surface area (TPSA) is 12.0 Å². The molecule has 2 atom stereocenters. The highest BCUT2D eigenvalue weighted by Gasteiger charge is 2.36. The number of nitrogens with one attached hydrogen (secondary N) is 1. The highest BCUT2D eigenvalue weighted by atomic mass is 32.2. The molecule has 2 aliphatic carbocycles. The van der Waals surface area contributed by atoms with Crippen molar-refractivity contribution in [2.75, 3.05) is 5.32 Å². The largest absolute Gasteiger partial charge is 0.371 e. The van der Waals surface area contributed by atoms with Crippen molar-refractivity contribution in [3.8, 4) is 33.4 Å². The summed E-state index contributed by atoms with van der Waals surface area (Å²) in [5, 5.41) is 12.1. The highest BCUT2D eigenvalue weighted by molar-refractivity contribution is 8.00. The van der Waals surface area contributed by atoms with Crippen LogP contribution in [0.25, 0.3) is 65.7 Å². The second-order valence-electron chi connectivity index (χ2n) is 14.1. The van der Waals surface area contributed by atoms with Gasteiger partial charge in [0.1, 0.15) is 0 Å². The highest BCUT2D eigenvalue weighted by Crippen LogP contribution is 2.51. The first-order valence-electron chi connectivity index (χ1n) is 17.1. The van der Waals surface area contributed by atoms with Gasteiger partial charge in [-0.15, -0.1) is 0 Å². The van der Waals surface area contributed by atoms with Gasteiger partial charge in [0.25, 0.3) is 0 Å². The van der Waals surface area contributed by atoms with Crippen LogP contribution in [0.1, 0.15) is 31.4 Å². The number of hydrogen-bond donors (Lipinski definition) is 1. The van der Waals surface area contributed by atoms with E-state index in [9.17, 15) is 0 Å². The summed E-state index contributed by atoms with van der Waals surface area (Å²) < 4.78 is 0. The van der Waals surface area contributed by atoms with Crippen molar-refractivity contribution in [1.29, 1.82) is 0 Å². The Morgan fingerprint density at radius 1 is 0.604 bits per heavy atom. The zero-order valence-electron chi connectivity index (χ0n) is 27.1. The van der Waals surface area contributed by atoms with Crippen molar-refractivity contribution in [2.45, 2.75) is 36.0 Å². The van der Waals surface area contributed by atoms with E-state index < -0.39 is 0 Å². The first kappa shape index (κ1) is 28.0. The van der Waals surface area contributed by atoms with E-state index in [0.717, 1.165) is 6.42 Å². The quantitative estimate of drug-likeness (QED) is 0.194. The molecule has 0 bridgehead atoms. The van der Waals surface area contributed by atoms with Crippen LogP contribution in [0.15, 0.2) is 151 Å². The van der Waals surface area contributed by atoms with Gasteiger partial charge < -0.3 is 5.32 Å². The standard InChI is InChI=1S/C46H35NS/c1-46(2)40-27-36(19-21-37(40)39-25-33-11-6-7-12-34(33)26-41(39)46)32-14-8-13-31(23-32)35-18-16-28-15-17-29-20-22-42-44(43(29)38(28)24-35)48-45(47-42)30-9-4-3-5-10-30/h3-9,11-27,30,45,47H,10H2,1-2H3. The minimum absolute atomic E-state index is 0.0577. The van der Waals surface area contributed by atoms with Gasteiger partial charge in [-0.2, -0.15) is 0 Å². The summed E-state index contributed by atoms with van der Waals surface area (Å²) in [5.41, 5.74) is 11.8. The maximum Gasteiger partial charge on any atom is 0.0836 e. The van der Waals surface area contributed by atoms with E-state index in [4.69, 9.17) is 0 Å². The number of allylic oxidation sites excluding steroid dienone is 3. The van der Waals surface area contributed by atoms with Crippen LogP contribution in [0.5, 0.6) is 0 Å². The Morgan fingerprint density at radius 2 is 1.31 bits per heavy atom. The van der Waals surface area contributed by atoms with Crippen molar-refractivity contribution in [3.63, 3.8) is 0 Å². The van der Waals surface area contributed by atoms with E-state index in [0.29, 0.717) is 11.3 Å². The fourth-order valence-corrected chi connectivity index (χ4v) is 9.75. The molecular weight excluding hydrogens is 599 g/mol. The normalized spacial score (nSPS) is 18.6. The van der Waals surface area contributed by atoms with Crippen LogP contribution in [0.2, 0.25) is 0 Å². The first-order valence-corrected chi connectivity index (χ1v) is 17.9. The van der Waals surface area contributed by atoms with E-state index in [-0.39, 0.29) is 5.41 Å². The molecule has 2 heteroatoms. The Labute approximate surface area is 286 Å². The number of hydrogen-bond acceptors (Lipinski definition) is 2. The fourth-order valence-electron chi connectivity index (χ4n) is 8.34. The van der Waals surface area contributed by atoms with E-state index in [2.05, 4.69) is 165 Å². The smallest absolute Gasteiger partial charge is 0.0836 e. The minimum atomic E-state index is -0.0577. The molecule has 0 saturated carbocycles. The summed E-state index contributed by atoms with van der Waals surface area (Å²) in [6.45, 7) is 4.75. The second kappa shape index (κ2) is 10.5. The molecule has 230 valence electrons. The van der Waals surface area contributed by atoms with Crippen LogP contribution >= 0.6 is 11.8 Å². The van der Waals surface area contributed by atoms with Gasteiger partial charge in [-0.1, -0.05) is 135 Å². The first-order chi connectivity index (χ1) is 23.5. The molecule has 0 aromatic heterocycles. The number of anilines is 1. The van der Waals surface area contributed by atoms with Gasteiger partial charge in [0.2, 0.25) is 0 Å². The monoisotopic (exact) mass is 633 g/mol. The molecule has 0 saturated heterocycles. The van der Waals surface area contributed by atoms with Crippen LogP contribution in [0.3, 0.4) is 0 Å². The van der Waals surface area contributed by atoms with Gasteiger partial charge in [0.15, 0.2) is 0 Å². The Hall–Kier alpha value is -5.05. The van der Waals surface area contributed by atoms with Gasteiger partial charge in [-0.05, 0) is 114 Å². The Kier molecular flexibility index (Phi) is 6.11. The average molecular weight is 634 g/mol. The summed E-state index contributed by atoms with van der Waals surface area (Å²) >= 11 is 2.00. The van der Waals surface area contributed by atoms with Gasteiger partial charge in [0.05, 0.1) is 5.37 Å². The molecule has 1 heterocycles. The second-order valence-corrected chi connectivity index (χ2v) is 15.3. The number of benzene rings is 7. The van der Waals surface area contributed by atoms with Crippen LogP contribution < -0.4 is 5.32 Å². The lowest BCUT2D eigenvalue weighted by atomic mass is 9.81. The lowest BCUT2D eigenvalue weighted by Crippen LogP contribution is -2.21. The van der Waals surface area contributed by atoms with Crippen molar-refractivity contribution >= 4 is 49.8 Å². The lowest BCUT2D eigenvalue weighted by Gasteiger charge is -2.22. The Morgan fingerprint density at radius 3 is 2.15 bits per heavy atom. The van der Waals surface area contributed by atoms with Crippen LogP contribution in [0, 0.1) is 5.92 Å². The van der Waals surface area contributed by atoms with Crippen molar-refractivity contribution < 1.29 is 0 Å². The van der Waals surface area contributed by atoms with Crippen LogP contribution in [0.4, 0.5) is 5.69 Å². The molecular formula is C46H35NS. The molecule has 0 spiro atoms. The maximum absolute atomic E-state index is 3.85. The molecule has 1 aliphatic heterocycles. The predicted molar refractivity (Wildman–Crippen MR) is 207 cm³/mol. The summed E-state index contributed by atoms with van der Waals surface area (Å²) in [6.07, 6.45) is 10.1. The number of fused-ring (bicyclic) bond motifs is 9. The molecule has 48 heavy (non-hydrogen) atoms. The van der Waals surface area contributed by atoms with E-state index >= 15 is 0 Å². The van der Waals surface area contributed by atoms with Crippen molar-refractivity contribution in [1.82, 2.24) is 0 Å². The Balaban J connectivity index is 1.04. The number of thioether (sulfide) groups is 1. The molecule has 0 fully saturated rings. The molecule has 7 aromatic carbocycles. The minimum Gasteiger partial charge on any atom is -0.371 e. The van der Waals surface area contributed by atoms with Crippen molar-refractivity contribution in [3.05, 3.63) is 157 Å². The molecule has 3 aliphatic rings. The molecule has 10 rings (SSSR count). The summed E-state index contributed by atoms with van der Waals surface area (Å²) in [4.78, 5) is 1.38. The third kappa shape index (κ3) is 4.25. The van der Waals surface area contributed by atoms with Gasteiger partial charge in [0, 0.05) is 27.3 Å². The van der Waals surface area contributed by atoms with E-state index in [1.54, 1.807) is 0 Å².